The lowest BCUT2D eigenvalue weighted by atomic mass is 10.1. The zero-order valence-corrected chi connectivity index (χ0v) is 16.2. The predicted molar refractivity (Wildman–Crippen MR) is 106 cm³/mol. The highest BCUT2D eigenvalue weighted by molar-refractivity contribution is 5.95. The van der Waals surface area contributed by atoms with Gasteiger partial charge in [-0.1, -0.05) is 30.3 Å². The van der Waals surface area contributed by atoms with Crippen LogP contribution in [0.3, 0.4) is 0 Å². The van der Waals surface area contributed by atoms with Crippen molar-refractivity contribution < 1.29 is 4.79 Å². The number of aryl methyl sites for hydroxylation is 2. The number of benzene rings is 1. The summed E-state index contributed by atoms with van der Waals surface area (Å²) in [6.07, 6.45) is 1.83. The number of rotatable bonds is 4. The molecule has 0 bridgehead atoms. The smallest absolute Gasteiger partial charge is 0.312 e. The second-order valence-corrected chi connectivity index (χ2v) is 7.21. The topological polar surface area (TPSA) is 83.3 Å². The van der Waals surface area contributed by atoms with E-state index in [2.05, 4.69) is 4.98 Å². The van der Waals surface area contributed by atoms with Gasteiger partial charge in [-0.15, -0.1) is 0 Å². The standard InChI is InChI=1S/C20H21N5O3/c1-12(2)25-13(3)10-23-16-17(21-19(23)25)22(4)20(28)24(18(16)27)11-15(26)14-8-6-5-7-9-14/h5-10,12H,11H2,1-4H3. The summed E-state index contributed by atoms with van der Waals surface area (Å²) in [4.78, 5) is 43.1. The van der Waals surface area contributed by atoms with Crippen molar-refractivity contribution in [2.24, 2.45) is 7.05 Å². The molecular weight excluding hydrogens is 358 g/mol. The van der Waals surface area contributed by atoms with Crippen LogP contribution in [0.15, 0.2) is 46.1 Å². The summed E-state index contributed by atoms with van der Waals surface area (Å²) in [5.74, 6) is 0.303. The number of Topliss-reactive ketones (excluding diaryl/α,β-unsaturated/α-hetero) is 1. The van der Waals surface area contributed by atoms with Crippen molar-refractivity contribution in [2.45, 2.75) is 33.4 Å². The lowest BCUT2D eigenvalue weighted by molar-refractivity contribution is 0.0969. The zero-order valence-electron chi connectivity index (χ0n) is 16.2. The van der Waals surface area contributed by atoms with Crippen molar-refractivity contribution in [2.75, 3.05) is 0 Å². The molecular formula is C20H21N5O3. The average molecular weight is 379 g/mol. The minimum atomic E-state index is -0.560. The van der Waals surface area contributed by atoms with Gasteiger partial charge in [0.05, 0.1) is 6.54 Å². The van der Waals surface area contributed by atoms with E-state index in [-0.39, 0.29) is 18.4 Å². The van der Waals surface area contributed by atoms with Gasteiger partial charge in [0.1, 0.15) is 0 Å². The van der Waals surface area contributed by atoms with Crippen LogP contribution in [-0.4, -0.2) is 28.9 Å². The summed E-state index contributed by atoms with van der Waals surface area (Å²) >= 11 is 0. The summed E-state index contributed by atoms with van der Waals surface area (Å²) < 4.78 is 6.01. The first-order chi connectivity index (χ1) is 13.3. The third-order valence-electron chi connectivity index (χ3n) is 4.98. The van der Waals surface area contributed by atoms with Crippen LogP contribution in [-0.2, 0) is 13.6 Å². The quantitative estimate of drug-likeness (QED) is 0.507. The van der Waals surface area contributed by atoms with Crippen molar-refractivity contribution in [3.05, 3.63) is 68.6 Å². The van der Waals surface area contributed by atoms with Crippen molar-refractivity contribution in [1.82, 2.24) is 23.1 Å². The van der Waals surface area contributed by atoms with E-state index >= 15 is 0 Å². The van der Waals surface area contributed by atoms with Crippen molar-refractivity contribution in [1.29, 1.82) is 0 Å². The maximum Gasteiger partial charge on any atom is 0.332 e. The molecule has 0 amide bonds. The highest BCUT2D eigenvalue weighted by atomic mass is 16.2. The molecule has 28 heavy (non-hydrogen) atoms. The van der Waals surface area contributed by atoms with E-state index < -0.39 is 11.2 Å². The Morgan fingerprint density at radius 3 is 2.46 bits per heavy atom. The van der Waals surface area contributed by atoms with Gasteiger partial charge < -0.3 is 4.57 Å². The molecule has 144 valence electrons. The number of carbonyl (C=O) groups excluding carboxylic acids is 1. The monoisotopic (exact) mass is 379 g/mol. The van der Waals surface area contributed by atoms with Crippen LogP contribution in [0.2, 0.25) is 0 Å². The molecule has 0 unspecified atom stereocenters. The largest absolute Gasteiger partial charge is 0.332 e. The van der Waals surface area contributed by atoms with Gasteiger partial charge in [-0.3, -0.25) is 23.1 Å². The van der Waals surface area contributed by atoms with Gasteiger partial charge >= 0.3 is 5.69 Å². The van der Waals surface area contributed by atoms with E-state index in [0.29, 0.717) is 22.5 Å². The molecule has 0 aliphatic carbocycles. The van der Waals surface area contributed by atoms with Gasteiger partial charge in [0.2, 0.25) is 5.78 Å². The fourth-order valence-electron chi connectivity index (χ4n) is 3.66. The summed E-state index contributed by atoms with van der Waals surface area (Å²) in [5, 5.41) is 0. The Kier molecular flexibility index (Phi) is 4.06. The first-order valence-electron chi connectivity index (χ1n) is 9.09. The number of hydrogen-bond donors (Lipinski definition) is 0. The van der Waals surface area contributed by atoms with Gasteiger partial charge in [-0.2, -0.15) is 4.98 Å². The van der Waals surface area contributed by atoms with Crippen LogP contribution in [0.25, 0.3) is 16.9 Å². The molecule has 0 N–H and O–H groups in total. The van der Waals surface area contributed by atoms with E-state index in [0.717, 1.165) is 10.3 Å². The third kappa shape index (κ3) is 2.52. The van der Waals surface area contributed by atoms with E-state index in [1.807, 2.05) is 31.5 Å². The summed E-state index contributed by atoms with van der Waals surface area (Å²) in [6, 6.07) is 8.77. The van der Waals surface area contributed by atoms with Gasteiger partial charge in [0.15, 0.2) is 16.9 Å². The molecule has 0 aliphatic rings. The fourth-order valence-corrected chi connectivity index (χ4v) is 3.66. The Morgan fingerprint density at radius 1 is 1.14 bits per heavy atom. The van der Waals surface area contributed by atoms with Gasteiger partial charge in [-0.05, 0) is 20.8 Å². The maximum atomic E-state index is 13.2. The molecule has 0 saturated carbocycles. The van der Waals surface area contributed by atoms with Crippen LogP contribution in [0.4, 0.5) is 0 Å². The number of fused-ring (bicyclic) bond motifs is 3. The average Bonchev–Trinajstić information content (AvgIpc) is 3.18. The van der Waals surface area contributed by atoms with Gasteiger partial charge in [0, 0.05) is 30.5 Å². The molecule has 4 rings (SSSR count). The third-order valence-corrected chi connectivity index (χ3v) is 4.98. The van der Waals surface area contributed by atoms with Crippen LogP contribution < -0.4 is 11.2 Å². The second kappa shape index (κ2) is 6.33. The highest BCUT2D eigenvalue weighted by Gasteiger charge is 2.22. The van der Waals surface area contributed by atoms with Gasteiger partial charge in [-0.25, -0.2) is 4.79 Å². The summed E-state index contributed by atoms with van der Waals surface area (Å²) in [6.45, 7) is 5.69. The Labute approximate surface area is 160 Å². The normalized spacial score (nSPS) is 11.8. The minimum absolute atomic E-state index is 0.147. The number of nitrogens with zero attached hydrogens (tertiary/aromatic N) is 5. The number of hydrogen-bond acceptors (Lipinski definition) is 4. The molecule has 0 atom stereocenters. The lowest BCUT2D eigenvalue weighted by Crippen LogP contribution is -2.41. The van der Waals surface area contributed by atoms with Crippen LogP contribution in [0, 0.1) is 6.92 Å². The first kappa shape index (κ1) is 18.0. The van der Waals surface area contributed by atoms with E-state index in [4.69, 9.17) is 0 Å². The number of aromatic nitrogens is 5. The van der Waals surface area contributed by atoms with E-state index in [1.54, 1.807) is 41.8 Å². The Balaban J connectivity index is 1.97. The number of ketones is 1. The Hall–Kier alpha value is -3.42. The van der Waals surface area contributed by atoms with Crippen LogP contribution >= 0.6 is 0 Å². The SMILES string of the molecule is Cc1cn2c3c(=O)n(CC(=O)c4ccccc4)c(=O)n(C)c3nc2n1C(C)C. The highest BCUT2D eigenvalue weighted by Crippen LogP contribution is 2.20. The molecule has 1 aromatic carbocycles. The molecule has 8 heteroatoms. The molecule has 8 nitrogen and oxygen atoms in total. The van der Waals surface area contributed by atoms with E-state index in [1.165, 1.54) is 4.57 Å². The van der Waals surface area contributed by atoms with Crippen molar-refractivity contribution in [3.63, 3.8) is 0 Å². The second-order valence-electron chi connectivity index (χ2n) is 7.21. The molecule has 0 aliphatic heterocycles. The van der Waals surface area contributed by atoms with Crippen LogP contribution in [0.1, 0.15) is 35.9 Å². The molecule has 0 radical (unpaired) electrons. The fraction of sp³-hybridized carbons (Fsp3) is 0.300. The summed E-state index contributed by atoms with van der Waals surface area (Å²) in [5.41, 5.74) is 0.936. The number of carbonyl (C=O) groups is 1. The molecule has 0 fully saturated rings. The molecule has 3 aromatic heterocycles. The van der Waals surface area contributed by atoms with Crippen molar-refractivity contribution >= 4 is 22.7 Å². The first-order valence-corrected chi connectivity index (χ1v) is 9.09. The van der Waals surface area contributed by atoms with E-state index in [9.17, 15) is 14.4 Å². The summed E-state index contributed by atoms with van der Waals surface area (Å²) in [7, 11) is 1.56. The lowest BCUT2D eigenvalue weighted by Gasteiger charge is -2.09. The predicted octanol–water partition coefficient (Wildman–Crippen LogP) is 1.92. The Bertz CT molecular complexity index is 1340. The van der Waals surface area contributed by atoms with Gasteiger partial charge in [0.25, 0.3) is 5.56 Å². The minimum Gasteiger partial charge on any atom is -0.312 e. The van der Waals surface area contributed by atoms with Crippen LogP contribution in [0.5, 0.6) is 0 Å². The Morgan fingerprint density at radius 2 is 1.82 bits per heavy atom. The molecule has 3 heterocycles. The molecule has 0 saturated heterocycles. The molecule has 4 aromatic rings. The van der Waals surface area contributed by atoms with Crippen molar-refractivity contribution in [3.8, 4) is 0 Å². The number of imidazole rings is 2. The zero-order chi connectivity index (χ0) is 20.2. The molecule has 0 spiro atoms. The maximum absolute atomic E-state index is 13.2.